The lowest BCUT2D eigenvalue weighted by Crippen LogP contribution is -2.25. The summed E-state index contributed by atoms with van der Waals surface area (Å²) in [7, 11) is 1.76. The van der Waals surface area contributed by atoms with Gasteiger partial charge in [-0.2, -0.15) is 0 Å². The quantitative estimate of drug-likeness (QED) is 0.714. The molecule has 2 aromatic carbocycles. The molecule has 1 heterocycles. The Morgan fingerprint density at radius 1 is 1.15 bits per heavy atom. The van der Waals surface area contributed by atoms with E-state index in [1.807, 2.05) is 30.3 Å². The van der Waals surface area contributed by atoms with Crippen LogP contribution in [0.15, 0.2) is 52.9 Å². The van der Waals surface area contributed by atoms with Crippen LogP contribution >= 0.6 is 0 Å². The third-order valence-corrected chi connectivity index (χ3v) is 3.19. The van der Waals surface area contributed by atoms with Gasteiger partial charge in [-0.05, 0) is 30.3 Å². The van der Waals surface area contributed by atoms with Crippen LogP contribution in [0.2, 0.25) is 0 Å². The molecular formula is C16H14N2O2. The summed E-state index contributed by atoms with van der Waals surface area (Å²) in [5.41, 5.74) is 2.84. The van der Waals surface area contributed by atoms with Crippen molar-refractivity contribution >= 4 is 22.7 Å². The summed E-state index contributed by atoms with van der Waals surface area (Å²) in [4.78, 5) is 18.3. The number of aryl methyl sites for hydroxylation is 1. The fourth-order valence-corrected chi connectivity index (χ4v) is 2.14. The average Bonchev–Trinajstić information content (AvgIpc) is 2.85. The Bertz CT molecular complexity index is 763. The van der Waals surface area contributed by atoms with Gasteiger partial charge in [0.25, 0.3) is 5.91 Å². The van der Waals surface area contributed by atoms with Gasteiger partial charge in [-0.25, -0.2) is 4.98 Å². The van der Waals surface area contributed by atoms with Gasteiger partial charge in [-0.3, -0.25) is 4.79 Å². The smallest absolute Gasteiger partial charge is 0.258 e. The fraction of sp³-hybridized carbons (Fsp3) is 0.125. The van der Waals surface area contributed by atoms with E-state index in [0.717, 1.165) is 11.2 Å². The molecule has 0 aliphatic heterocycles. The first-order chi connectivity index (χ1) is 9.65. The number of aromatic nitrogens is 1. The summed E-state index contributed by atoms with van der Waals surface area (Å²) in [6.07, 6.45) is 0. The van der Waals surface area contributed by atoms with Crippen LogP contribution < -0.4 is 4.90 Å². The van der Waals surface area contributed by atoms with E-state index in [4.69, 9.17) is 4.42 Å². The molecule has 1 aromatic heterocycles. The maximum atomic E-state index is 12.5. The summed E-state index contributed by atoms with van der Waals surface area (Å²) < 4.78 is 5.46. The third-order valence-electron chi connectivity index (χ3n) is 3.19. The van der Waals surface area contributed by atoms with Crippen molar-refractivity contribution in [1.29, 1.82) is 0 Å². The standard InChI is InChI=1S/C16H14N2O2/c1-11-17-14-9-8-12(10-15(14)20-11)16(19)18(2)13-6-4-3-5-7-13/h3-10H,1-2H3. The molecule has 0 saturated heterocycles. The molecule has 0 fully saturated rings. The first-order valence-electron chi connectivity index (χ1n) is 6.35. The second-order valence-corrected chi connectivity index (χ2v) is 4.62. The first kappa shape index (κ1) is 12.4. The lowest BCUT2D eigenvalue weighted by Gasteiger charge is -2.17. The van der Waals surface area contributed by atoms with Crippen molar-refractivity contribution < 1.29 is 9.21 Å². The molecule has 1 amide bonds. The van der Waals surface area contributed by atoms with Crippen LogP contribution in [0.3, 0.4) is 0 Å². The molecule has 0 radical (unpaired) electrons. The molecule has 0 N–H and O–H groups in total. The zero-order valence-corrected chi connectivity index (χ0v) is 11.3. The van der Waals surface area contributed by atoms with Gasteiger partial charge in [0.2, 0.25) is 0 Å². The van der Waals surface area contributed by atoms with Crippen LogP contribution in [0.25, 0.3) is 11.1 Å². The Morgan fingerprint density at radius 2 is 1.90 bits per heavy atom. The minimum absolute atomic E-state index is 0.0767. The lowest BCUT2D eigenvalue weighted by atomic mass is 10.1. The number of para-hydroxylation sites is 1. The van der Waals surface area contributed by atoms with Crippen molar-refractivity contribution in [3.05, 3.63) is 60.0 Å². The number of nitrogens with zero attached hydrogens (tertiary/aromatic N) is 2. The molecule has 0 saturated carbocycles. The van der Waals surface area contributed by atoms with Gasteiger partial charge in [0.1, 0.15) is 5.52 Å². The van der Waals surface area contributed by atoms with Crippen molar-refractivity contribution in [3.8, 4) is 0 Å². The molecule has 0 unspecified atom stereocenters. The van der Waals surface area contributed by atoms with Crippen molar-refractivity contribution in [2.24, 2.45) is 0 Å². The molecule has 0 spiro atoms. The molecule has 0 aliphatic carbocycles. The average molecular weight is 266 g/mol. The third kappa shape index (κ3) is 2.16. The summed E-state index contributed by atoms with van der Waals surface area (Å²) in [6.45, 7) is 1.79. The van der Waals surface area contributed by atoms with Crippen molar-refractivity contribution in [3.63, 3.8) is 0 Å². The van der Waals surface area contributed by atoms with E-state index in [-0.39, 0.29) is 5.91 Å². The van der Waals surface area contributed by atoms with Crippen LogP contribution in [0.1, 0.15) is 16.2 Å². The Hall–Kier alpha value is -2.62. The van der Waals surface area contributed by atoms with E-state index < -0.39 is 0 Å². The second kappa shape index (κ2) is 4.81. The number of rotatable bonds is 2. The van der Waals surface area contributed by atoms with Crippen LogP contribution in [0, 0.1) is 6.92 Å². The predicted molar refractivity (Wildman–Crippen MR) is 77.9 cm³/mol. The Morgan fingerprint density at radius 3 is 2.65 bits per heavy atom. The highest BCUT2D eigenvalue weighted by Crippen LogP contribution is 2.20. The number of anilines is 1. The zero-order chi connectivity index (χ0) is 14.1. The lowest BCUT2D eigenvalue weighted by molar-refractivity contribution is 0.0993. The molecule has 0 aliphatic rings. The van der Waals surface area contributed by atoms with Crippen molar-refractivity contribution in [2.45, 2.75) is 6.92 Å². The van der Waals surface area contributed by atoms with Crippen LogP contribution in [0.4, 0.5) is 5.69 Å². The van der Waals surface area contributed by atoms with Gasteiger partial charge < -0.3 is 9.32 Å². The van der Waals surface area contributed by atoms with Crippen molar-refractivity contribution in [1.82, 2.24) is 4.98 Å². The monoisotopic (exact) mass is 266 g/mol. The summed E-state index contributed by atoms with van der Waals surface area (Å²) in [5.74, 6) is 0.521. The van der Waals surface area contributed by atoms with Gasteiger partial charge in [0, 0.05) is 25.2 Å². The topological polar surface area (TPSA) is 46.3 Å². The molecule has 0 atom stereocenters. The molecule has 4 heteroatoms. The van der Waals surface area contributed by atoms with E-state index in [1.165, 1.54) is 0 Å². The van der Waals surface area contributed by atoms with Gasteiger partial charge in [-0.15, -0.1) is 0 Å². The molecule has 3 rings (SSSR count). The number of fused-ring (bicyclic) bond motifs is 1. The molecule has 4 nitrogen and oxygen atoms in total. The number of carbonyl (C=O) groups excluding carboxylic acids is 1. The van der Waals surface area contributed by atoms with E-state index in [1.54, 1.807) is 37.1 Å². The number of amides is 1. The van der Waals surface area contributed by atoms with Crippen molar-refractivity contribution in [2.75, 3.05) is 11.9 Å². The highest BCUT2D eigenvalue weighted by atomic mass is 16.3. The second-order valence-electron chi connectivity index (χ2n) is 4.62. The number of carbonyl (C=O) groups is 1. The normalized spacial score (nSPS) is 10.7. The summed E-state index contributed by atoms with van der Waals surface area (Å²) >= 11 is 0. The minimum atomic E-state index is -0.0767. The minimum Gasteiger partial charge on any atom is -0.441 e. The highest BCUT2D eigenvalue weighted by molar-refractivity contribution is 6.07. The Balaban J connectivity index is 1.95. The molecule has 20 heavy (non-hydrogen) atoms. The number of oxazole rings is 1. The zero-order valence-electron chi connectivity index (χ0n) is 11.3. The SMILES string of the molecule is Cc1nc2ccc(C(=O)N(C)c3ccccc3)cc2o1. The fourth-order valence-electron chi connectivity index (χ4n) is 2.14. The highest BCUT2D eigenvalue weighted by Gasteiger charge is 2.14. The van der Waals surface area contributed by atoms with Crippen LogP contribution in [0.5, 0.6) is 0 Å². The Labute approximate surface area is 116 Å². The number of benzene rings is 2. The molecular weight excluding hydrogens is 252 g/mol. The molecule has 3 aromatic rings. The Kier molecular flexibility index (Phi) is 2.99. The van der Waals surface area contributed by atoms with Gasteiger partial charge in [0.05, 0.1) is 0 Å². The largest absolute Gasteiger partial charge is 0.441 e. The van der Waals surface area contributed by atoms with Crippen LogP contribution in [-0.4, -0.2) is 17.9 Å². The van der Waals surface area contributed by atoms with E-state index in [0.29, 0.717) is 17.0 Å². The van der Waals surface area contributed by atoms with E-state index >= 15 is 0 Å². The first-order valence-corrected chi connectivity index (χ1v) is 6.35. The molecule has 100 valence electrons. The predicted octanol–water partition coefficient (Wildman–Crippen LogP) is 3.41. The summed E-state index contributed by atoms with van der Waals surface area (Å²) in [6, 6.07) is 14.8. The van der Waals surface area contributed by atoms with Gasteiger partial charge >= 0.3 is 0 Å². The number of hydrogen-bond acceptors (Lipinski definition) is 3. The van der Waals surface area contributed by atoms with Gasteiger partial charge in [0.15, 0.2) is 11.5 Å². The van der Waals surface area contributed by atoms with Gasteiger partial charge in [-0.1, -0.05) is 18.2 Å². The van der Waals surface area contributed by atoms with E-state index in [9.17, 15) is 4.79 Å². The number of hydrogen-bond donors (Lipinski definition) is 0. The van der Waals surface area contributed by atoms with E-state index in [2.05, 4.69) is 4.98 Å². The summed E-state index contributed by atoms with van der Waals surface area (Å²) in [5, 5.41) is 0. The maximum absolute atomic E-state index is 12.5. The maximum Gasteiger partial charge on any atom is 0.258 e. The van der Waals surface area contributed by atoms with Crippen LogP contribution in [-0.2, 0) is 0 Å². The molecule has 0 bridgehead atoms.